The zero-order valence-corrected chi connectivity index (χ0v) is 11.7. The molecule has 1 aromatic carbocycles. The molecular weight excluding hydrogens is 278 g/mol. The SMILES string of the molecule is Cc1ccc(S(=O)(=O)n2cc([CH]CC(N)=O)cn2)cc1. The number of aromatic nitrogens is 2. The van der Waals surface area contributed by atoms with Crippen LogP contribution in [0.2, 0.25) is 0 Å². The topological polar surface area (TPSA) is 95.0 Å². The number of hydrogen-bond acceptors (Lipinski definition) is 4. The molecule has 1 radical (unpaired) electrons. The van der Waals surface area contributed by atoms with E-state index in [0.29, 0.717) is 5.56 Å². The van der Waals surface area contributed by atoms with Crippen molar-refractivity contribution < 1.29 is 13.2 Å². The maximum Gasteiger partial charge on any atom is 0.282 e. The molecule has 1 heterocycles. The van der Waals surface area contributed by atoms with Gasteiger partial charge >= 0.3 is 0 Å². The number of carbonyl (C=O) groups is 1. The minimum absolute atomic E-state index is 0.0380. The van der Waals surface area contributed by atoms with Crippen LogP contribution in [0, 0.1) is 13.3 Å². The highest BCUT2D eigenvalue weighted by Crippen LogP contribution is 2.15. The Morgan fingerprint density at radius 2 is 2.00 bits per heavy atom. The fourth-order valence-corrected chi connectivity index (χ4v) is 2.72. The molecule has 0 fully saturated rings. The monoisotopic (exact) mass is 292 g/mol. The molecule has 0 saturated heterocycles. The van der Waals surface area contributed by atoms with E-state index >= 15 is 0 Å². The Morgan fingerprint density at radius 3 is 2.60 bits per heavy atom. The molecule has 2 aromatic rings. The van der Waals surface area contributed by atoms with Gasteiger partial charge in [0.05, 0.1) is 11.1 Å². The van der Waals surface area contributed by atoms with Gasteiger partial charge in [-0.2, -0.15) is 17.6 Å². The number of aryl methyl sites for hydroxylation is 1. The van der Waals surface area contributed by atoms with E-state index in [0.717, 1.165) is 9.65 Å². The Kier molecular flexibility index (Phi) is 3.89. The van der Waals surface area contributed by atoms with Crippen LogP contribution in [-0.2, 0) is 14.8 Å². The number of rotatable bonds is 5. The molecule has 0 aliphatic carbocycles. The van der Waals surface area contributed by atoms with Crippen LogP contribution < -0.4 is 5.73 Å². The van der Waals surface area contributed by atoms with Crippen molar-refractivity contribution in [2.45, 2.75) is 18.2 Å². The standard InChI is InChI=1S/C13H14N3O3S/c1-10-2-5-12(6-3-10)20(18,19)16-9-11(8-15-16)4-7-13(14)17/h2-6,8-9H,7H2,1H3,(H2,14,17). The predicted molar refractivity (Wildman–Crippen MR) is 73.2 cm³/mol. The molecule has 0 spiro atoms. The van der Waals surface area contributed by atoms with Gasteiger partial charge in [-0.3, -0.25) is 4.79 Å². The van der Waals surface area contributed by atoms with Crippen LogP contribution in [0.1, 0.15) is 17.5 Å². The number of hydrogen-bond donors (Lipinski definition) is 1. The van der Waals surface area contributed by atoms with Crippen LogP contribution in [-0.4, -0.2) is 23.5 Å². The lowest BCUT2D eigenvalue weighted by Gasteiger charge is -2.04. The normalized spacial score (nSPS) is 11.4. The summed E-state index contributed by atoms with van der Waals surface area (Å²) in [6, 6.07) is 6.49. The second-order valence-corrected chi connectivity index (χ2v) is 6.13. The molecule has 0 aliphatic rings. The lowest BCUT2D eigenvalue weighted by molar-refractivity contribution is -0.117. The van der Waals surface area contributed by atoms with Gasteiger partial charge in [0.1, 0.15) is 0 Å². The number of benzene rings is 1. The molecule has 7 heteroatoms. The second kappa shape index (κ2) is 5.46. The van der Waals surface area contributed by atoms with Crippen molar-refractivity contribution in [3.8, 4) is 0 Å². The largest absolute Gasteiger partial charge is 0.370 e. The summed E-state index contributed by atoms with van der Waals surface area (Å²) >= 11 is 0. The molecule has 0 unspecified atom stereocenters. The third-order valence-electron chi connectivity index (χ3n) is 2.68. The minimum atomic E-state index is -3.70. The molecule has 0 aliphatic heterocycles. The number of amides is 1. The van der Waals surface area contributed by atoms with E-state index in [9.17, 15) is 13.2 Å². The van der Waals surface area contributed by atoms with Gasteiger partial charge < -0.3 is 5.73 Å². The molecule has 1 amide bonds. The van der Waals surface area contributed by atoms with E-state index in [4.69, 9.17) is 5.73 Å². The van der Waals surface area contributed by atoms with E-state index in [2.05, 4.69) is 5.10 Å². The van der Waals surface area contributed by atoms with Crippen LogP contribution >= 0.6 is 0 Å². The van der Waals surface area contributed by atoms with Crippen LogP contribution in [0.3, 0.4) is 0 Å². The van der Waals surface area contributed by atoms with Crippen LogP contribution in [0.4, 0.5) is 0 Å². The van der Waals surface area contributed by atoms with Gasteiger partial charge in [0.25, 0.3) is 10.0 Å². The third kappa shape index (κ3) is 3.05. The van der Waals surface area contributed by atoms with Gasteiger partial charge in [-0.25, -0.2) is 0 Å². The molecule has 6 nitrogen and oxygen atoms in total. The van der Waals surface area contributed by atoms with Crippen molar-refractivity contribution in [2.75, 3.05) is 0 Å². The fraction of sp³-hybridized carbons (Fsp3) is 0.154. The molecule has 2 N–H and O–H groups in total. The van der Waals surface area contributed by atoms with Gasteiger partial charge in [-0.15, -0.1) is 0 Å². The Balaban J connectivity index is 2.26. The maximum atomic E-state index is 12.3. The Bertz CT molecular complexity index is 718. The van der Waals surface area contributed by atoms with Crippen LogP contribution in [0.25, 0.3) is 0 Å². The third-order valence-corrected chi connectivity index (χ3v) is 4.24. The molecular formula is C13H14N3O3S. The summed E-state index contributed by atoms with van der Waals surface area (Å²) in [7, 11) is -3.70. The van der Waals surface area contributed by atoms with Crippen molar-refractivity contribution >= 4 is 15.9 Å². The molecule has 1 aromatic heterocycles. The van der Waals surface area contributed by atoms with E-state index in [1.807, 2.05) is 6.92 Å². The first-order valence-corrected chi connectivity index (χ1v) is 7.32. The summed E-state index contributed by atoms with van der Waals surface area (Å²) in [6.07, 6.45) is 4.28. The lowest BCUT2D eigenvalue weighted by Crippen LogP contribution is -2.13. The highest BCUT2D eigenvalue weighted by Gasteiger charge is 2.17. The van der Waals surface area contributed by atoms with E-state index < -0.39 is 15.9 Å². The van der Waals surface area contributed by atoms with Gasteiger partial charge in [0, 0.05) is 19.0 Å². The quantitative estimate of drug-likeness (QED) is 0.884. The summed E-state index contributed by atoms with van der Waals surface area (Å²) in [4.78, 5) is 10.8. The molecule has 0 bridgehead atoms. The Hall–Kier alpha value is -2.15. The molecule has 2 rings (SSSR count). The minimum Gasteiger partial charge on any atom is -0.370 e. The average Bonchev–Trinajstić information content (AvgIpc) is 2.86. The van der Waals surface area contributed by atoms with Gasteiger partial charge in [0.15, 0.2) is 0 Å². The molecule has 0 saturated carbocycles. The zero-order chi connectivity index (χ0) is 14.8. The van der Waals surface area contributed by atoms with Crippen molar-refractivity contribution in [1.82, 2.24) is 9.19 Å². The highest BCUT2D eigenvalue weighted by molar-refractivity contribution is 7.89. The summed E-state index contributed by atoms with van der Waals surface area (Å²) < 4.78 is 25.5. The molecule has 105 valence electrons. The van der Waals surface area contributed by atoms with Crippen molar-refractivity contribution in [2.24, 2.45) is 5.73 Å². The number of nitrogens with zero attached hydrogens (tertiary/aromatic N) is 2. The summed E-state index contributed by atoms with van der Waals surface area (Å²) in [5.41, 5.74) is 6.52. The van der Waals surface area contributed by atoms with Gasteiger partial charge in [0.2, 0.25) is 5.91 Å². The number of nitrogens with two attached hydrogens (primary N) is 1. The molecule has 20 heavy (non-hydrogen) atoms. The number of carbonyl (C=O) groups excluding carboxylic acids is 1. The Morgan fingerprint density at radius 1 is 1.35 bits per heavy atom. The summed E-state index contributed by atoms with van der Waals surface area (Å²) in [6.45, 7) is 1.88. The van der Waals surface area contributed by atoms with E-state index in [1.165, 1.54) is 30.9 Å². The summed E-state index contributed by atoms with van der Waals surface area (Å²) in [5.74, 6) is -0.487. The molecule has 0 atom stereocenters. The smallest absolute Gasteiger partial charge is 0.282 e. The van der Waals surface area contributed by atoms with Gasteiger partial charge in [-0.1, -0.05) is 17.7 Å². The van der Waals surface area contributed by atoms with Crippen molar-refractivity contribution in [3.63, 3.8) is 0 Å². The lowest BCUT2D eigenvalue weighted by atomic mass is 10.2. The zero-order valence-electron chi connectivity index (χ0n) is 10.9. The maximum absolute atomic E-state index is 12.3. The number of primary amides is 1. The summed E-state index contributed by atoms with van der Waals surface area (Å²) in [5, 5.41) is 3.81. The predicted octanol–water partition coefficient (Wildman–Crippen LogP) is 0.856. The fourth-order valence-electron chi connectivity index (χ4n) is 1.59. The highest BCUT2D eigenvalue weighted by atomic mass is 32.2. The first-order valence-electron chi connectivity index (χ1n) is 5.88. The van der Waals surface area contributed by atoms with E-state index in [-0.39, 0.29) is 11.3 Å². The van der Waals surface area contributed by atoms with Crippen molar-refractivity contribution in [1.29, 1.82) is 0 Å². The first-order chi connectivity index (χ1) is 9.39. The van der Waals surface area contributed by atoms with E-state index in [1.54, 1.807) is 12.1 Å². The van der Waals surface area contributed by atoms with Crippen LogP contribution in [0.5, 0.6) is 0 Å². The van der Waals surface area contributed by atoms with Gasteiger partial charge in [-0.05, 0) is 24.6 Å². The van der Waals surface area contributed by atoms with Crippen LogP contribution in [0.15, 0.2) is 41.6 Å². The van der Waals surface area contributed by atoms with Crippen molar-refractivity contribution in [3.05, 3.63) is 54.2 Å². The second-order valence-electron chi connectivity index (χ2n) is 4.34. The Labute approximate surface area is 117 Å². The first kappa shape index (κ1) is 14.3. The average molecular weight is 292 g/mol.